The first-order valence-corrected chi connectivity index (χ1v) is 4.63. The van der Waals surface area contributed by atoms with Gasteiger partial charge in [-0.1, -0.05) is 33.6 Å². The Labute approximate surface area is 69.0 Å². The Morgan fingerprint density at radius 3 is 2.30 bits per heavy atom. The predicted molar refractivity (Wildman–Crippen MR) is 46.4 cm³/mol. The van der Waals surface area contributed by atoms with Crippen LogP contribution in [-0.2, 0) is 0 Å². The third-order valence-electron chi connectivity index (χ3n) is 3.17. The average Bonchev–Trinajstić information content (AvgIpc) is 1.84. The number of hydrogen-bond acceptors (Lipinski definition) is 0. The van der Waals surface area contributed by atoms with E-state index in [0.717, 1.165) is 5.92 Å². The maximum absolute atomic E-state index is 6.20. The molecule has 1 heteroatoms. The summed E-state index contributed by atoms with van der Waals surface area (Å²) in [6.45, 7) is 6.89. The number of halogens is 1. The predicted octanol–water partition coefficient (Wildman–Crippen LogP) is 3.44. The van der Waals surface area contributed by atoms with Gasteiger partial charge in [0.25, 0.3) is 0 Å². The molecule has 0 aromatic heterocycles. The quantitative estimate of drug-likeness (QED) is 0.477. The molecule has 0 N–H and O–H groups in total. The van der Waals surface area contributed by atoms with E-state index in [0.29, 0.717) is 10.8 Å². The largest absolute Gasteiger partial charge is 0.122 e. The number of alkyl halides is 1. The minimum Gasteiger partial charge on any atom is -0.122 e. The zero-order chi connectivity index (χ0) is 7.78. The molecule has 1 aliphatic rings. The van der Waals surface area contributed by atoms with Crippen LogP contribution in [0.2, 0.25) is 0 Å². The van der Waals surface area contributed by atoms with Crippen molar-refractivity contribution in [3.63, 3.8) is 0 Å². The molecule has 0 radical (unpaired) electrons. The molecule has 0 aromatic carbocycles. The molecule has 0 saturated heterocycles. The summed E-state index contributed by atoms with van der Waals surface area (Å²) in [4.78, 5) is 0. The van der Waals surface area contributed by atoms with Crippen molar-refractivity contribution < 1.29 is 0 Å². The fraction of sp³-hybridized carbons (Fsp3) is 1.00. The van der Waals surface area contributed by atoms with Crippen LogP contribution in [0.3, 0.4) is 0 Å². The van der Waals surface area contributed by atoms with Gasteiger partial charge in [0, 0.05) is 5.38 Å². The van der Waals surface area contributed by atoms with Crippen molar-refractivity contribution in [3.05, 3.63) is 0 Å². The average molecular weight is 161 g/mol. The first kappa shape index (κ1) is 8.39. The summed E-state index contributed by atoms with van der Waals surface area (Å²) >= 11 is 6.20. The van der Waals surface area contributed by atoms with Crippen molar-refractivity contribution in [1.82, 2.24) is 0 Å². The second-order valence-corrected chi connectivity index (χ2v) is 4.65. The Bertz CT molecular complexity index is 106. The van der Waals surface area contributed by atoms with E-state index in [1.165, 1.54) is 19.3 Å². The molecule has 0 aromatic rings. The standard InChI is InChI=1S/C9H17Cl/c1-7-5-4-6-8(10)9(7,2)3/h7-8H,4-6H2,1-3H3. The van der Waals surface area contributed by atoms with Gasteiger partial charge in [-0.25, -0.2) is 0 Å². The van der Waals surface area contributed by atoms with E-state index in [2.05, 4.69) is 20.8 Å². The van der Waals surface area contributed by atoms with Gasteiger partial charge < -0.3 is 0 Å². The van der Waals surface area contributed by atoms with Gasteiger partial charge in [-0.05, 0) is 17.8 Å². The summed E-state index contributed by atoms with van der Waals surface area (Å²) < 4.78 is 0. The Hall–Kier alpha value is 0.290. The first-order chi connectivity index (χ1) is 4.55. The maximum Gasteiger partial charge on any atom is 0.0389 e. The fourth-order valence-electron chi connectivity index (χ4n) is 1.66. The van der Waals surface area contributed by atoms with Gasteiger partial charge in [0.2, 0.25) is 0 Å². The molecular formula is C9H17Cl. The second-order valence-electron chi connectivity index (χ2n) is 4.12. The zero-order valence-electron chi connectivity index (χ0n) is 7.15. The van der Waals surface area contributed by atoms with Crippen molar-refractivity contribution in [2.75, 3.05) is 0 Å². The summed E-state index contributed by atoms with van der Waals surface area (Å²) in [7, 11) is 0. The summed E-state index contributed by atoms with van der Waals surface area (Å²) in [6.07, 6.45) is 3.88. The minimum atomic E-state index is 0.361. The molecule has 2 atom stereocenters. The van der Waals surface area contributed by atoms with Gasteiger partial charge in [-0.3, -0.25) is 0 Å². The van der Waals surface area contributed by atoms with Crippen LogP contribution in [-0.4, -0.2) is 5.38 Å². The van der Waals surface area contributed by atoms with Crippen molar-refractivity contribution >= 4 is 11.6 Å². The van der Waals surface area contributed by atoms with Crippen LogP contribution in [0.25, 0.3) is 0 Å². The maximum atomic E-state index is 6.20. The van der Waals surface area contributed by atoms with Gasteiger partial charge in [-0.2, -0.15) is 0 Å². The fourth-order valence-corrected chi connectivity index (χ4v) is 2.03. The minimum absolute atomic E-state index is 0.361. The molecule has 0 nitrogen and oxygen atoms in total. The van der Waals surface area contributed by atoms with Gasteiger partial charge in [-0.15, -0.1) is 11.6 Å². The molecule has 1 rings (SSSR count). The molecule has 0 heterocycles. The van der Waals surface area contributed by atoms with Crippen LogP contribution in [0.4, 0.5) is 0 Å². The molecule has 0 spiro atoms. The lowest BCUT2D eigenvalue weighted by Gasteiger charge is -2.40. The highest BCUT2D eigenvalue weighted by molar-refractivity contribution is 6.21. The van der Waals surface area contributed by atoms with E-state index in [9.17, 15) is 0 Å². The Balaban J connectivity index is 2.63. The highest BCUT2D eigenvalue weighted by atomic mass is 35.5. The molecule has 1 saturated carbocycles. The van der Waals surface area contributed by atoms with E-state index in [4.69, 9.17) is 11.6 Å². The Morgan fingerprint density at radius 1 is 1.30 bits per heavy atom. The lowest BCUT2D eigenvalue weighted by atomic mass is 9.69. The third kappa shape index (κ3) is 1.32. The molecule has 0 bridgehead atoms. The summed E-state index contributed by atoms with van der Waals surface area (Å²) in [5.41, 5.74) is 0.361. The van der Waals surface area contributed by atoms with E-state index in [1.54, 1.807) is 0 Å². The summed E-state index contributed by atoms with van der Waals surface area (Å²) in [5.74, 6) is 0.795. The molecule has 60 valence electrons. The molecule has 1 fully saturated rings. The van der Waals surface area contributed by atoms with Crippen molar-refractivity contribution in [2.45, 2.75) is 45.4 Å². The van der Waals surface area contributed by atoms with Gasteiger partial charge in [0.1, 0.15) is 0 Å². The lowest BCUT2D eigenvalue weighted by molar-refractivity contribution is 0.160. The topological polar surface area (TPSA) is 0 Å². The van der Waals surface area contributed by atoms with Crippen LogP contribution in [0, 0.1) is 11.3 Å². The smallest absolute Gasteiger partial charge is 0.0389 e. The molecule has 0 aliphatic heterocycles. The van der Waals surface area contributed by atoms with E-state index in [-0.39, 0.29) is 0 Å². The van der Waals surface area contributed by atoms with Gasteiger partial charge in [0.05, 0.1) is 0 Å². The Kier molecular flexibility index (Phi) is 2.29. The molecule has 10 heavy (non-hydrogen) atoms. The molecular weight excluding hydrogens is 144 g/mol. The third-order valence-corrected chi connectivity index (χ3v) is 3.95. The van der Waals surface area contributed by atoms with Crippen LogP contribution < -0.4 is 0 Å². The Morgan fingerprint density at radius 2 is 1.90 bits per heavy atom. The van der Waals surface area contributed by atoms with Crippen LogP contribution in [0.15, 0.2) is 0 Å². The summed E-state index contributed by atoms with van der Waals surface area (Å²) in [6, 6.07) is 0. The zero-order valence-corrected chi connectivity index (χ0v) is 7.91. The monoisotopic (exact) mass is 160 g/mol. The molecule has 0 amide bonds. The molecule has 2 unspecified atom stereocenters. The van der Waals surface area contributed by atoms with Crippen LogP contribution >= 0.6 is 11.6 Å². The van der Waals surface area contributed by atoms with E-state index < -0.39 is 0 Å². The SMILES string of the molecule is CC1CCCC(Cl)C1(C)C. The number of hydrogen-bond donors (Lipinski definition) is 0. The highest BCUT2D eigenvalue weighted by Gasteiger charge is 2.36. The summed E-state index contributed by atoms with van der Waals surface area (Å²) in [5, 5.41) is 0.399. The second kappa shape index (κ2) is 2.73. The van der Waals surface area contributed by atoms with E-state index >= 15 is 0 Å². The van der Waals surface area contributed by atoms with Crippen molar-refractivity contribution in [2.24, 2.45) is 11.3 Å². The first-order valence-electron chi connectivity index (χ1n) is 4.19. The van der Waals surface area contributed by atoms with Crippen molar-refractivity contribution in [3.8, 4) is 0 Å². The van der Waals surface area contributed by atoms with Gasteiger partial charge >= 0.3 is 0 Å². The van der Waals surface area contributed by atoms with Crippen molar-refractivity contribution in [1.29, 1.82) is 0 Å². The highest BCUT2D eigenvalue weighted by Crippen LogP contribution is 2.43. The van der Waals surface area contributed by atoms with Crippen LogP contribution in [0.1, 0.15) is 40.0 Å². The normalized spacial score (nSPS) is 39.6. The van der Waals surface area contributed by atoms with Gasteiger partial charge in [0.15, 0.2) is 0 Å². The lowest BCUT2D eigenvalue weighted by Crippen LogP contribution is -2.35. The number of rotatable bonds is 0. The van der Waals surface area contributed by atoms with Crippen LogP contribution in [0.5, 0.6) is 0 Å². The van der Waals surface area contributed by atoms with E-state index in [1.807, 2.05) is 0 Å². The molecule has 1 aliphatic carbocycles.